The second-order valence-corrected chi connectivity index (χ2v) is 4.49. The quantitative estimate of drug-likeness (QED) is 0.788. The largest absolute Gasteiger partial charge is 0.374 e. The van der Waals surface area contributed by atoms with E-state index in [9.17, 15) is 0 Å². The van der Waals surface area contributed by atoms with Crippen molar-refractivity contribution in [1.82, 2.24) is 25.2 Å². The first-order chi connectivity index (χ1) is 8.22. The molecule has 2 heterocycles. The average Bonchev–Trinajstić information content (AvgIpc) is 2.72. The van der Waals surface area contributed by atoms with Gasteiger partial charge in [-0.1, -0.05) is 12.1 Å². The topological polar surface area (TPSA) is 55.2 Å². The molecule has 0 saturated carbocycles. The molecular weight excluding hydrogens is 218 g/mol. The lowest BCUT2D eigenvalue weighted by Gasteiger charge is -2.35. The molecule has 1 aliphatic rings. The van der Waals surface area contributed by atoms with Crippen molar-refractivity contribution < 1.29 is 4.74 Å². The summed E-state index contributed by atoms with van der Waals surface area (Å²) in [5.74, 6) is 0. The van der Waals surface area contributed by atoms with Crippen molar-refractivity contribution >= 4 is 0 Å². The Balaban J connectivity index is 2.14. The Morgan fingerprint density at radius 1 is 1.59 bits per heavy atom. The highest BCUT2D eigenvalue weighted by Gasteiger charge is 2.29. The highest BCUT2D eigenvalue weighted by atomic mass is 16.5. The zero-order chi connectivity index (χ0) is 12.3. The van der Waals surface area contributed by atoms with Gasteiger partial charge in [0.2, 0.25) is 0 Å². The molecular formula is C11H21N5O. The number of aryl methyl sites for hydroxylation is 1. The van der Waals surface area contributed by atoms with Crippen LogP contribution in [0.1, 0.15) is 18.7 Å². The van der Waals surface area contributed by atoms with E-state index in [-0.39, 0.29) is 12.1 Å². The number of nitrogens with one attached hydrogen (secondary N) is 1. The Labute approximate surface area is 102 Å². The number of morpholine rings is 1. The number of aromatic nitrogens is 3. The van der Waals surface area contributed by atoms with Crippen LogP contribution in [0.5, 0.6) is 0 Å². The summed E-state index contributed by atoms with van der Waals surface area (Å²) in [4.78, 5) is 2.29. The van der Waals surface area contributed by atoms with Gasteiger partial charge in [0.25, 0.3) is 0 Å². The smallest absolute Gasteiger partial charge is 0.0912 e. The van der Waals surface area contributed by atoms with Crippen LogP contribution in [0.25, 0.3) is 0 Å². The number of rotatable bonds is 4. The Bertz CT molecular complexity index is 353. The highest BCUT2D eigenvalue weighted by molar-refractivity contribution is 5.05. The van der Waals surface area contributed by atoms with Crippen LogP contribution in [-0.2, 0) is 11.8 Å². The van der Waals surface area contributed by atoms with Crippen LogP contribution < -0.4 is 5.32 Å². The van der Waals surface area contributed by atoms with Crippen molar-refractivity contribution in [2.75, 3.05) is 33.3 Å². The second kappa shape index (κ2) is 5.57. The Hall–Kier alpha value is -0.980. The molecule has 17 heavy (non-hydrogen) atoms. The maximum atomic E-state index is 5.87. The molecule has 2 rings (SSSR count). The summed E-state index contributed by atoms with van der Waals surface area (Å²) >= 11 is 0. The zero-order valence-electron chi connectivity index (χ0n) is 10.8. The summed E-state index contributed by atoms with van der Waals surface area (Å²) in [5, 5.41) is 11.4. The molecule has 0 amide bonds. The molecule has 0 spiro atoms. The predicted molar refractivity (Wildman–Crippen MR) is 64.7 cm³/mol. The van der Waals surface area contributed by atoms with Crippen LogP contribution >= 0.6 is 0 Å². The number of hydrogen-bond acceptors (Lipinski definition) is 5. The zero-order valence-corrected chi connectivity index (χ0v) is 10.8. The third kappa shape index (κ3) is 2.83. The number of likely N-dealkylation sites (N-methyl/N-ethyl adjacent to an activating group) is 2. The molecule has 6 heteroatoms. The average molecular weight is 239 g/mol. The Morgan fingerprint density at radius 3 is 3.00 bits per heavy atom. The van der Waals surface area contributed by atoms with Gasteiger partial charge in [0.15, 0.2) is 0 Å². The molecule has 0 aromatic carbocycles. The van der Waals surface area contributed by atoms with Crippen molar-refractivity contribution in [1.29, 1.82) is 0 Å². The minimum absolute atomic E-state index is 0.155. The van der Waals surface area contributed by atoms with E-state index in [1.807, 2.05) is 17.9 Å². The van der Waals surface area contributed by atoms with Gasteiger partial charge in [0.1, 0.15) is 0 Å². The van der Waals surface area contributed by atoms with Gasteiger partial charge in [-0.05, 0) is 13.6 Å². The van der Waals surface area contributed by atoms with Gasteiger partial charge < -0.3 is 15.0 Å². The lowest BCUT2D eigenvalue weighted by Crippen LogP contribution is -2.47. The fourth-order valence-corrected chi connectivity index (χ4v) is 2.24. The van der Waals surface area contributed by atoms with Crippen LogP contribution in [0.15, 0.2) is 6.20 Å². The van der Waals surface area contributed by atoms with E-state index in [1.165, 1.54) is 0 Å². The molecule has 1 fully saturated rings. The summed E-state index contributed by atoms with van der Waals surface area (Å²) in [7, 11) is 4.04. The molecule has 96 valence electrons. The molecule has 2 atom stereocenters. The maximum Gasteiger partial charge on any atom is 0.0912 e. The fourth-order valence-electron chi connectivity index (χ4n) is 2.24. The van der Waals surface area contributed by atoms with E-state index >= 15 is 0 Å². The second-order valence-electron chi connectivity index (χ2n) is 4.49. The summed E-state index contributed by atoms with van der Waals surface area (Å²) in [6.45, 7) is 5.72. The van der Waals surface area contributed by atoms with Crippen LogP contribution in [0.4, 0.5) is 0 Å². The summed E-state index contributed by atoms with van der Waals surface area (Å²) in [5.41, 5.74) is 1.08. The maximum absolute atomic E-state index is 5.87. The van der Waals surface area contributed by atoms with Gasteiger partial charge in [0.05, 0.1) is 30.6 Å². The van der Waals surface area contributed by atoms with Crippen molar-refractivity contribution in [3.8, 4) is 0 Å². The molecule has 2 unspecified atom stereocenters. The van der Waals surface area contributed by atoms with Crippen LogP contribution in [-0.4, -0.2) is 59.3 Å². The van der Waals surface area contributed by atoms with Crippen LogP contribution in [0.3, 0.4) is 0 Å². The van der Waals surface area contributed by atoms with Crippen LogP contribution in [0, 0.1) is 0 Å². The molecule has 0 bridgehead atoms. The Kier molecular flexibility index (Phi) is 4.09. The normalized spacial score (nSPS) is 23.8. The van der Waals surface area contributed by atoms with E-state index in [1.54, 1.807) is 0 Å². The molecule has 1 aliphatic heterocycles. The molecule has 0 radical (unpaired) electrons. The van der Waals surface area contributed by atoms with E-state index in [0.717, 1.165) is 31.9 Å². The van der Waals surface area contributed by atoms with Crippen molar-refractivity contribution in [2.45, 2.75) is 19.1 Å². The van der Waals surface area contributed by atoms with Gasteiger partial charge in [-0.2, -0.15) is 0 Å². The molecule has 1 aromatic rings. The third-order valence-electron chi connectivity index (χ3n) is 3.16. The minimum Gasteiger partial charge on any atom is -0.374 e. The number of hydrogen-bond donors (Lipinski definition) is 1. The molecule has 1 aromatic heterocycles. The first-order valence-electron chi connectivity index (χ1n) is 6.10. The number of nitrogens with zero attached hydrogens (tertiary/aromatic N) is 4. The molecule has 6 nitrogen and oxygen atoms in total. The fraction of sp³-hybridized carbons (Fsp3) is 0.818. The van der Waals surface area contributed by atoms with Crippen molar-refractivity contribution in [3.05, 3.63) is 11.9 Å². The highest BCUT2D eigenvalue weighted by Crippen LogP contribution is 2.20. The van der Waals surface area contributed by atoms with E-state index in [2.05, 4.69) is 34.5 Å². The van der Waals surface area contributed by atoms with E-state index in [4.69, 9.17) is 4.74 Å². The molecule has 0 aliphatic carbocycles. The molecule has 1 N–H and O–H groups in total. The summed E-state index contributed by atoms with van der Waals surface area (Å²) < 4.78 is 7.68. The van der Waals surface area contributed by atoms with Gasteiger partial charge in [-0.25, -0.2) is 0 Å². The van der Waals surface area contributed by atoms with E-state index < -0.39 is 0 Å². The monoisotopic (exact) mass is 239 g/mol. The van der Waals surface area contributed by atoms with Gasteiger partial charge in [-0.3, -0.25) is 4.68 Å². The molecule has 1 saturated heterocycles. The number of ether oxygens (including phenoxy) is 1. The first-order valence-corrected chi connectivity index (χ1v) is 6.10. The summed E-state index contributed by atoms with van der Waals surface area (Å²) in [6, 6.07) is 0.155. The predicted octanol–water partition coefficient (Wildman–Crippen LogP) is -0.204. The van der Waals surface area contributed by atoms with Crippen LogP contribution in [0.2, 0.25) is 0 Å². The lowest BCUT2D eigenvalue weighted by atomic mass is 10.1. The van der Waals surface area contributed by atoms with Gasteiger partial charge in [-0.15, -0.1) is 5.10 Å². The SMILES string of the molecule is CCNC(c1cnnn1C)C1CN(C)CCO1. The third-order valence-corrected chi connectivity index (χ3v) is 3.16. The first kappa shape index (κ1) is 12.5. The Morgan fingerprint density at radius 2 is 2.41 bits per heavy atom. The van der Waals surface area contributed by atoms with Crippen molar-refractivity contribution in [3.63, 3.8) is 0 Å². The van der Waals surface area contributed by atoms with Gasteiger partial charge in [0, 0.05) is 20.1 Å². The minimum atomic E-state index is 0.155. The van der Waals surface area contributed by atoms with Gasteiger partial charge >= 0.3 is 0 Å². The van der Waals surface area contributed by atoms with E-state index in [0.29, 0.717) is 0 Å². The standard InChI is InChI=1S/C11H21N5O/c1-4-12-11(9-7-13-14-16(9)3)10-8-15(2)5-6-17-10/h7,10-12H,4-6,8H2,1-3H3. The lowest BCUT2D eigenvalue weighted by molar-refractivity contribution is -0.0403. The summed E-state index contributed by atoms with van der Waals surface area (Å²) in [6.07, 6.45) is 1.97. The van der Waals surface area contributed by atoms with Crippen molar-refractivity contribution in [2.24, 2.45) is 7.05 Å².